The minimum absolute atomic E-state index is 0.156. The SMILES string of the molecule is CC(C)(O)c1ccc(-c2ccc(CN3CCN(C(=O)Cc4cnc[nH]4)CC3)cc2)cc1. The highest BCUT2D eigenvalue weighted by Gasteiger charge is 2.21. The summed E-state index contributed by atoms with van der Waals surface area (Å²) < 4.78 is 0. The highest BCUT2D eigenvalue weighted by Crippen LogP contribution is 2.25. The number of piperazine rings is 1. The van der Waals surface area contributed by atoms with Crippen molar-refractivity contribution >= 4 is 5.91 Å². The second kappa shape index (κ2) is 9.04. The average Bonchev–Trinajstić information content (AvgIpc) is 3.27. The van der Waals surface area contributed by atoms with Crippen molar-refractivity contribution in [2.24, 2.45) is 0 Å². The zero-order valence-electron chi connectivity index (χ0n) is 18.2. The molecule has 1 aliphatic heterocycles. The second-order valence-corrected chi connectivity index (χ2v) is 8.74. The fourth-order valence-electron chi connectivity index (χ4n) is 3.94. The van der Waals surface area contributed by atoms with E-state index in [1.54, 1.807) is 26.4 Å². The molecule has 1 aliphatic rings. The maximum atomic E-state index is 12.4. The number of amides is 1. The van der Waals surface area contributed by atoms with E-state index >= 15 is 0 Å². The molecule has 2 N–H and O–H groups in total. The Hall–Kier alpha value is -2.96. The van der Waals surface area contributed by atoms with Crippen LogP contribution < -0.4 is 0 Å². The van der Waals surface area contributed by atoms with Crippen LogP contribution in [0.3, 0.4) is 0 Å². The summed E-state index contributed by atoms with van der Waals surface area (Å²) in [6, 6.07) is 16.7. The lowest BCUT2D eigenvalue weighted by Gasteiger charge is -2.34. The first kappa shape index (κ1) is 21.3. The van der Waals surface area contributed by atoms with Crippen molar-refractivity contribution in [2.45, 2.75) is 32.4 Å². The molecule has 0 aliphatic carbocycles. The lowest BCUT2D eigenvalue weighted by atomic mass is 9.95. The Kier molecular flexibility index (Phi) is 6.20. The van der Waals surface area contributed by atoms with E-state index in [1.165, 1.54) is 11.1 Å². The fraction of sp³-hybridized carbons (Fsp3) is 0.360. The Morgan fingerprint density at radius 3 is 2.16 bits per heavy atom. The summed E-state index contributed by atoms with van der Waals surface area (Å²) in [5, 5.41) is 10.1. The third kappa shape index (κ3) is 5.40. The van der Waals surface area contributed by atoms with E-state index in [0.717, 1.165) is 49.5 Å². The van der Waals surface area contributed by atoms with E-state index in [1.807, 2.05) is 17.0 Å². The molecule has 0 bridgehead atoms. The van der Waals surface area contributed by atoms with Crippen molar-refractivity contribution in [3.05, 3.63) is 77.9 Å². The number of hydrogen-bond donors (Lipinski definition) is 2. The van der Waals surface area contributed by atoms with Gasteiger partial charge in [-0.2, -0.15) is 0 Å². The quantitative estimate of drug-likeness (QED) is 0.645. The highest BCUT2D eigenvalue weighted by molar-refractivity contribution is 5.78. The normalized spacial score (nSPS) is 15.3. The van der Waals surface area contributed by atoms with Crippen molar-refractivity contribution in [1.29, 1.82) is 0 Å². The molecule has 1 fully saturated rings. The van der Waals surface area contributed by atoms with Crippen LogP contribution in [0.5, 0.6) is 0 Å². The van der Waals surface area contributed by atoms with Crippen LogP contribution in [0.25, 0.3) is 11.1 Å². The summed E-state index contributed by atoms with van der Waals surface area (Å²) in [4.78, 5) is 23.7. The summed E-state index contributed by atoms with van der Waals surface area (Å²) in [6.45, 7) is 7.78. The molecule has 2 heterocycles. The predicted molar refractivity (Wildman–Crippen MR) is 121 cm³/mol. The van der Waals surface area contributed by atoms with Gasteiger partial charge in [0.25, 0.3) is 0 Å². The van der Waals surface area contributed by atoms with Gasteiger partial charge >= 0.3 is 0 Å². The maximum absolute atomic E-state index is 12.4. The smallest absolute Gasteiger partial charge is 0.228 e. The molecule has 0 saturated carbocycles. The van der Waals surface area contributed by atoms with Crippen molar-refractivity contribution in [1.82, 2.24) is 19.8 Å². The zero-order valence-corrected chi connectivity index (χ0v) is 18.2. The molecule has 3 aromatic rings. The predicted octanol–water partition coefficient (Wildman–Crippen LogP) is 3.19. The molecule has 0 spiro atoms. The van der Waals surface area contributed by atoms with Crippen LogP contribution in [0.4, 0.5) is 0 Å². The molecule has 0 radical (unpaired) electrons. The number of carbonyl (C=O) groups is 1. The third-order valence-corrected chi connectivity index (χ3v) is 5.91. The molecule has 6 heteroatoms. The van der Waals surface area contributed by atoms with Gasteiger partial charge in [-0.25, -0.2) is 4.98 Å². The van der Waals surface area contributed by atoms with Gasteiger partial charge in [-0.1, -0.05) is 48.5 Å². The number of aromatic nitrogens is 2. The molecule has 0 atom stereocenters. The molecule has 1 saturated heterocycles. The number of benzene rings is 2. The first-order valence-corrected chi connectivity index (χ1v) is 10.8. The number of aliphatic hydroxyl groups is 1. The molecule has 6 nitrogen and oxygen atoms in total. The first-order chi connectivity index (χ1) is 14.9. The highest BCUT2D eigenvalue weighted by atomic mass is 16.3. The first-order valence-electron chi connectivity index (χ1n) is 10.8. The van der Waals surface area contributed by atoms with Crippen molar-refractivity contribution in [3.8, 4) is 11.1 Å². The number of imidazole rings is 1. The molecule has 1 aromatic heterocycles. The van der Waals surface area contributed by atoms with E-state index in [9.17, 15) is 9.90 Å². The van der Waals surface area contributed by atoms with Gasteiger partial charge < -0.3 is 15.0 Å². The summed E-state index contributed by atoms with van der Waals surface area (Å²) in [5.41, 5.74) is 4.53. The van der Waals surface area contributed by atoms with Gasteiger partial charge in [-0.3, -0.25) is 9.69 Å². The summed E-state index contributed by atoms with van der Waals surface area (Å²) in [7, 11) is 0. The number of nitrogens with one attached hydrogen (secondary N) is 1. The molecular weight excluding hydrogens is 388 g/mol. The van der Waals surface area contributed by atoms with Crippen molar-refractivity contribution in [2.75, 3.05) is 26.2 Å². The summed E-state index contributed by atoms with van der Waals surface area (Å²) in [5.74, 6) is 0.156. The maximum Gasteiger partial charge on any atom is 0.228 e. The number of hydrogen-bond acceptors (Lipinski definition) is 4. The minimum atomic E-state index is -0.823. The Morgan fingerprint density at radius 1 is 1.00 bits per heavy atom. The molecule has 4 rings (SSSR count). The monoisotopic (exact) mass is 418 g/mol. The third-order valence-electron chi connectivity index (χ3n) is 5.91. The standard InChI is InChI=1S/C25H30N4O2/c1-25(2,31)22-9-7-21(8-10-22)20-5-3-19(4-6-20)17-28-11-13-29(14-12-28)24(30)15-23-16-26-18-27-23/h3-10,16,18,31H,11-15,17H2,1-2H3,(H,26,27). The summed E-state index contributed by atoms with van der Waals surface area (Å²) >= 11 is 0. The minimum Gasteiger partial charge on any atom is -0.386 e. The van der Waals surface area contributed by atoms with Gasteiger partial charge in [0.2, 0.25) is 5.91 Å². The van der Waals surface area contributed by atoms with Gasteiger partial charge in [0.1, 0.15) is 0 Å². The molecule has 162 valence electrons. The Labute approximate surface area is 183 Å². The van der Waals surface area contributed by atoms with E-state index in [0.29, 0.717) is 6.42 Å². The zero-order chi connectivity index (χ0) is 21.8. The lowest BCUT2D eigenvalue weighted by Crippen LogP contribution is -2.48. The number of nitrogens with zero attached hydrogens (tertiary/aromatic N) is 3. The van der Waals surface area contributed by atoms with Gasteiger partial charge in [0.05, 0.1) is 18.3 Å². The van der Waals surface area contributed by atoms with E-state index in [4.69, 9.17) is 0 Å². The summed E-state index contributed by atoms with van der Waals surface area (Å²) in [6.07, 6.45) is 3.70. The number of aromatic amines is 1. The molecule has 31 heavy (non-hydrogen) atoms. The van der Waals surface area contributed by atoms with Crippen LogP contribution >= 0.6 is 0 Å². The molecule has 1 amide bonds. The fourth-order valence-corrected chi connectivity index (χ4v) is 3.94. The van der Waals surface area contributed by atoms with E-state index in [2.05, 4.69) is 51.3 Å². The van der Waals surface area contributed by atoms with Gasteiger partial charge in [0, 0.05) is 44.6 Å². The molecule has 2 aromatic carbocycles. The number of rotatable bonds is 6. The Bertz CT molecular complexity index is 982. The van der Waals surface area contributed by atoms with E-state index < -0.39 is 5.60 Å². The molecule has 0 unspecified atom stereocenters. The lowest BCUT2D eigenvalue weighted by molar-refractivity contribution is -0.132. The number of carbonyl (C=O) groups excluding carboxylic acids is 1. The van der Waals surface area contributed by atoms with Crippen molar-refractivity contribution in [3.63, 3.8) is 0 Å². The van der Waals surface area contributed by atoms with Crippen LogP contribution in [0.15, 0.2) is 61.1 Å². The van der Waals surface area contributed by atoms with Crippen LogP contribution in [0.1, 0.15) is 30.7 Å². The number of H-pyrrole nitrogens is 1. The van der Waals surface area contributed by atoms with Crippen LogP contribution in [0.2, 0.25) is 0 Å². The van der Waals surface area contributed by atoms with Gasteiger partial charge in [0.15, 0.2) is 0 Å². The second-order valence-electron chi connectivity index (χ2n) is 8.74. The van der Waals surface area contributed by atoms with Gasteiger partial charge in [-0.05, 0) is 36.1 Å². The van der Waals surface area contributed by atoms with E-state index in [-0.39, 0.29) is 5.91 Å². The van der Waals surface area contributed by atoms with Crippen LogP contribution in [0, 0.1) is 0 Å². The average molecular weight is 419 g/mol. The largest absolute Gasteiger partial charge is 0.386 e. The van der Waals surface area contributed by atoms with Crippen LogP contribution in [-0.4, -0.2) is 57.0 Å². The molecular formula is C25H30N4O2. The van der Waals surface area contributed by atoms with Crippen LogP contribution in [-0.2, 0) is 23.4 Å². The Morgan fingerprint density at radius 2 is 1.61 bits per heavy atom. The Balaban J connectivity index is 1.29. The topological polar surface area (TPSA) is 72.5 Å². The van der Waals surface area contributed by atoms with Crippen molar-refractivity contribution < 1.29 is 9.90 Å². The van der Waals surface area contributed by atoms with Gasteiger partial charge in [-0.15, -0.1) is 0 Å².